The molecule has 10 nitrogen and oxygen atoms in total. The van der Waals surface area contributed by atoms with E-state index in [0.717, 1.165) is 6.07 Å². The largest absolute Gasteiger partial charge is 0.378 e. The van der Waals surface area contributed by atoms with Crippen LogP contribution in [0.25, 0.3) is 27.7 Å². The highest BCUT2D eigenvalue weighted by molar-refractivity contribution is 5.98. The first-order valence-corrected chi connectivity index (χ1v) is 12.7. The molecule has 0 bridgehead atoms. The summed E-state index contributed by atoms with van der Waals surface area (Å²) in [6.07, 6.45) is 2.02. The molecule has 4 aromatic heterocycles. The van der Waals surface area contributed by atoms with Crippen molar-refractivity contribution in [1.82, 2.24) is 29.2 Å². The van der Waals surface area contributed by atoms with Gasteiger partial charge in [0, 0.05) is 23.5 Å². The van der Waals surface area contributed by atoms with Gasteiger partial charge in [-0.2, -0.15) is 0 Å². The second-order valence-corrected chi connectivity index (χ2v) is 9.53. The minimum Gasteiger partial charge on any atom is -0.378 e. The number of benzene rings is 1. The van der Waals surface area contributed by atoms with Gasteiger partial charge >= 0.3 is 0 Å². The predicted octanol–water partition coefficient (Wildman–Crippen LogP) is 4.03. The van der Waals surface area contributed by atoms with Crippen LogP contribution in [0.5, 0.6) is 0 Å². The van der Waals surface area contributed by atoms with Gasteiger partial charge in [-0.1, -0.05) is 18.2 Å². The van der Waals surface area contributed by atoms with Crippen LogP contribution in [0, 0.1) is 12.7 Å². The molecule has 1 aliphatic heterocycles. The van der Waals surface area contributed by atoms with Gasteiger partial charge in [0.25, 0.3) is 12.0 Å². The Hall–Kier alpha value is -4.52. The van der Waals surface area contributed by atoms with Gasteiger partial charge in [0.2, 0.25) is 0 Å². The monoisotopic (exact) mass is 550 g/mol. The fourth-order valence-electron chi connectivity index (χ4n) is 4.97. The lowest BCUT2D eigenvalue weighted by Crippen LogP contribution is -2.49. The maximum absolute atomic E-state index is 15.0. The molecule has 1 N–H and O–H groups in total. The summed E-state index contributed by atoms with van der Waals surface area (Å²) in [6, 6.07) is 6.74. The Bertz CT molecular complexity index is 1780. The molecule has 0 unspecified atom stereocenters. The van der Waals surface area contributed by atoms with E-state index in [9.17, 15) is 18.0 Å². The third-order valence-electron chi connectivity index (χ3n) is 6.95. The van der Waals surface area contributed by atoms with Crippen LogP contribution in [-0.2, 0) is 4.74 Å². The van der Waals surface area contributed by atoms with Gasteiger partial charge in [0.1, 0.15) is 23.8 Å². The number of rotatable bonds is 6. The number of aryl methyl sites for hydroxylation is 1. The van der Waals surface area contributed by atoms with Crippen LogP contribution in [0.2, 0.25) is 0 Å². The Morgan fingerprint density at radius 3 is 2.60 bits per heavy atom. The number of anilines is 1. The van der Waals surface area contributed by atoms with Crippen LogP contribution in [0.4, 0.5) is 19.0 Å². The van der Waals surface area contributed by atoms with Crippen molar-refractivity contribution in [2.75, 3.05) is 36.6 Å². The van der Waals surface area contributed by atoms with E-state index in [-0.39, 0.29) is 11.1 Å². The summed E-state index contributed by atoms with van der Waals surface area (Å²) in [5.41, 5.74) is 1.07. The quantitative estimate of drug-likeness (QED) is 0.338. The third kappa shape index (κ3) is 4.51. The van der Waals surface area contributed by atoms with Gasteiger partial charge in [-0.15, -0.1) is 10.2 Å². The summed E-state index contributed by atoms with van der Waals surface area (Å²) in [4.78, 5) is 23.2. The fourth-order valence-corrected chi connectivity index (χ4v) is 4.97. The van der Waals surface area contributed by atoms with Gasteiger partial charge in [-0.25, -0.2) is 27.8 Å². The summed E-state index contributed by atoms with van der Waals surface area (Å²) in [6.45, 7) is 5.25. The van der Waals surface area contributed by atoms with E-state index in [4.69, 9.17) is 4.74 Å². The zero-order valence-corrected chi connectivity index (χ0v) is 21.7. The Labute approximate surface area is 226 Å². The molecular formula is C27H25F3N8O2. The van der Waals surface area contributed by atoms with E-state index in [1.165, 1.54) is 16.8 Å². The van der Waals surface area contributed by atoms with Crippen molar-refractivity contribution in [1.29, 1.82) is 0 Å². The number of nitrogens with zero attached hydrogens (tertiary/aromatic N) is 7. The normalized spacial score (nSPS) is 14.8. The number of ether oxygens (including phenoxy) is 1. The molecule has 1 aliphatic rings. The Morgan fingerprint density at radius 2 is 1.82 bits per heavy atom. The molecule has 0 saturated carbocycles. The molecule has 1 saturated heterocycles. The van der Waals surface area contributed by atoms with Gasteiger partial charge in [0.15, 0.2) is 5.65 Å². The van der Waals surface area contributed by atoms with Crippen LogP contribution >= 0.6 is 0 Å². The van der Waals surface area contributed by atoms with Crippen molar-refractivity contribution in [2.24, 2.45) is 0 Å². The predicted molar refractivity (Wildman–Crippen MR) is 143 cm³/mol. The van der Waals surface area contributed by atoms with E-state index in [1.807, 2.05) is 5.01 Å². The SMILES string of the molecule is Cc1nc(N[C@H](C)c2cccc(C(F)F)c2F)c2cn(N3CCOCC3)c(=O)c(-c3ccc4nncn4c3)c2n1. The van der Waals surface area contributed by atoms with Gasteiger partial charge < -0.3 is 15.1 Å². The second-order valence-electron chi connectivity index (χ2n) is 9.53. The summed E-state index contributed by atoms with van der Waals surface area (Å²) in [7, 11) is 0. The topological polar surface area (TPSA) is 102 Å². The van der Waals surface area contributed by atoms with E-state index in [0.29, 0.717) is 65.6 Å². The number of hydrogen-bond acceptors (Lipinski definition) is 8. The van der Waals surface area contributed by atoms with Crippen LogP contribution in [0.15, 0.2) is 53.8 Å². The molecule has 0 aliphatic carbocycles. The van der Waals surface area contributed by atoms with Gasteiger partial charge in [-0.3, -0.25) is 9.20 Å². The highest BCUT2D eigenvalue weighted by atomic mass is 19.3. The van der Waals surface area contributed by atoms with Crippen LogP contribution < -0.4 is 15.9 Å². The van der Waals surface area contributed by atoms with E-state index in [2.05, 4.69) is 25.5 Å². The number of fused-ring (bicyclic) bond motifs is 2. The van der Waals surface area contributed by atoms with Crippen molar-refractivity contribution in [3.05, 3.63) is 82.2 Å². The number of morpholine rings is 1. The zero-order chi connectivity index (χ0) is 28.0. The maximum Gasteiger partial charge on any atom is 0.279 e. The Morgan fingerprint density at radius 1 is 1.05 bits per heavy atom. The minimum absolute atomic E-state index is 0.0713. The number of hydrogen-bond donors (Lipinski definition) is 1. The third-order valence-corrected chi connectivity index (χ3v) is 6.95. The van der Waals surface area contributed by atoms with Gasteiger partial charge in [-0.05, 0) is 26.0 Å². The molecule has 6 rings (SSSR count). The summed E-state index contributed by atoms with van der Waals surface area (Å²) in [5, 5.41) is 13.5. The van der Waals surface area contributed by atoms with Crippen molar-refractivity contribution in [3.8, 4) is 11.1 Å². The molecule has 206 valence electrons. The molecule has 0 amide bonds. The zero-order valence-electron chi connectivity index (χ0n) is 21.7. The number of alkyl halides is 2. The standard InChI is InChI=1S/C27H25F3N8O2/c1-15(18-4-3-5-19(23(18)28)25(29)30)32-26-20-13-38(37-8-10-40-11-9-37)27(39)22(24(20)33-16(2)34-26)17-6-7-21-35-31-14-36(21)12-17/h3-7,12-15,25H,8-11H2,1-2H3,(H,32,33,34)/t15-/m1/s1. The molecule has 1 aromatic carbocycles. The smallest absolute Gasteiger partial charge is 0.279 e. The first-order valence-electron chi connectivity index (χ1n) is 12.7. The van der Waals surface area contributed by atoms with Crippen molar-refractivity contribution in [2.45, 2.75) is 26.3 Å². The lowest BCUT2D eigenvalue weighted by molar-refractivity contribution is 0.111. The van der Waals surface area contributed by atoms with E-state index in [1.54, 1.807) is 49.1 Å². The number of pyridine rings is 2. The fraction of sp³-hybridized carbons (Fsp3) is 0.296. The molecular weight excluding hydrogens is 525 g/mol. The second kappa shape index (κ2) is 10.2. The molecule has 40 heavy (non-hydrogen) atoms. The van der Waals surface area contributed by atoms with Crippen molar-refractivity contribution in [3.63, 3.8) is 0 Å². The van der Waals surface area contributed by atoms with Gasteiger partial charge in [0.05, 0.1) is 54.4 Å². The molecule has 1 fully saturated rings. The molecule has 5 heterocycles. The maximum atomic E-state index is 15.0. The van der Waals surface area contributed by atoms with Crippen LogP contribution in [-0.4, -0.2) is 55.5 Å². The summed E-state index contributed by atoms with van der Waals surface area (Å²) in [5.74, 6) is -0.259. The van der Waals surface area contributed by atoms with E-state index < -0.39 is 23.8 Å². The van der Waals surface area contributed by atoms with E-state index >= 15 is 0 Å². The van der Waals surface area contributed by atoms with Crippen LogP contribution in [0.1, 0.15) is 36.3 Å². The first kappa shape index (κ1) is 25.7. The number of halogens is 3. The average molecular weight is 551 g/mol. The Balaban J connectivity index is 1.55. The molecule has 13 heteroatoms. The van der Waals surface area contributed by atoms with Crippen molar-refractivity contribution >= 4 is 22.4 Å². The highest BCUT2D eigenvalue weighted by Gasteiger charge is 2.24. The van der Waals surface area contributed by atoms with Crippen LogP contribution in [0.3, 0.4) is 0 Å². The lowest BCUT2D eigenvalue weighted by Gasteiger charge is -2.31. The lowest BCUT2D eigenvalue weighted by atomic mass is 10.0. The molecule has 0 radical (unpaired) electrons. The first-order chi connectivity index (χ1) is 19.3. The minimum atomic E-state index is -2.94. The summed E-state index contributed by atoms with van der Waals surface area (Å²) < 4.78 is 50.4. The molecule has 0 spiro atoms. The average Bonchev–Trinajstić information content (AvgIpc) is 3.41. The molecule has 1 atom stereocenters. The van der Waals surface area contributed by atoms with Crippen molar-refractivity contribution < 1.29 is 17.9 Å². The number of nitrogens with one attached hydrogen (secondary N) is 1. The Kier molecular flexibility index (Phi) is 6.58. The summed E-state index contributed by atoms with van der Waals surface area (Å²) >= 11 is 0. The highest BCUT2D eigenvalue weighted by Crippen LogP contribution is 2.32. The number of aromatic nitrogens is 6. The molecule has 5 aromatic rings.